The Balaban J connectivity index is 2.73. The summed E-state index contributed by atoms with van der Waals surface area (Å²) in [6, 6.07) is -0.00696. The molecule has 1 N–H and O–H groups in total. The van der Waals surface area contributed by atoms with E-state index in [4.69, 9.17) is 9.47 Å². The summed E-state index contributed by atoms with van der Waals surface area (Å²) < 4.78 is 11.1. The van der Waals surface area contributed by atoms with Crippen molar-refractivity contribution in [3.8, 4) is 0 Å². The lowest BCUT2D eigenvalue weighted by molar-refractivity contribution is -0.128. The second-order valence-electron chi connectivity index (χ2n) is 10.4. The molecule has 1 aliphatic heterocycles. The lowest BCUT2D eigenvalue weighted by atomic mass is 9.79. The first kappa shape index (κ1) is 26.4. The van der Waals surface area contributed by atoms with Crippen LogP contribution in [0.5, 0.6) is 0 Å². The molecule has 5 nitrogen and oxygen atoms in total. The molecule has 1 amide bonds. The van der Waals surface area contributed by atoms with Crippen molar-refractivity contribution in [1.29, 1.82) is 0 Å². The largest absolute Gasteiger partial charge is 0.382 e. The van der Waals surface area contributed by atoms with Crippen LogP contribution in [0, 0.1) is 5.41 Å². The maximum absolute atomic E-state index is 13.2. The molecule has 0 aromatic carbocycles. The third-order valence-corrected chi connectivity index (χ3v) is 7.28. The van der Waals surface area contributed by atoms with E-state index in [0.29, 0.717) is 0 Å². The van der Waals surface area contributed by atoms with E-state index in [1.54, 1.807) is 14.2 Å². The standard InChI is InChI=1S/C24H48N2O3/c1-10-23(6,17-19(3)28-8)14-16-26-15-12-13-20(26)21(27)25-24(7,11-2)18-22(4,5)29-9/h19-20H,10-18H2,1-9H3,(H,25,27). The summed E-state index contributed by atoms with van der Waals surface area (Å²) in [6.07, 6.45) is 7.30. The highest BCUT2D eigenvalue weighted by Gasteiger charge is 2.38. The van der Waals surface area contributed by atoms with Crippen molar-refractivity contribution < 1.29 is 14.3 Å². The van der Waals surface area contributed by atoms with Gasteiger partial charge in [0.1, 0.15) is 0 Å². The number of rotatable bonds is 13. The summed E-state index contributed by atoms with van der Waals surface area (Å²) in [5, 5.41) is 3.38. The van der Waals surface area contributed by atoms with Crippen molar-refractivity contribution in [3.05, 3.63) is 0 Å². The van der Waals surface area contributed by atoms with Gasteiger partial charge in [0.15, 0.2) is 0 Å². The molecule has 4 unspecified atom stereocenters. The fourth-order valence-electron chi connectivity index (χ4n) is 4.65. The summed E-state index contributed by atoms with van der Waals surface area (Å²) in [7, 11) is 3.53. The Bertz CT molecular complexity index is 510. The highest BCUT2D eigenvalue weighted by atomic mass is 16.5. The molecule has 0 aromatic rings. The van der Waals surface area contributed by atoms with Gasteiger partial charge >= 0.3 is 0 Å². The van der Waals surface area contributed by atoms with Gasteiger partial charge < -0.3 is 14.8 Å². The minimum atomic E-state index is -0.256. The maximum Gasteiger partial charge on any atom is 0.237 e. The molecule has 1 fully saturated rings. The van der Waals surface area contributed by atoms with E-state index in [1.165, 1.54) is 0 Å². The molecular formula is C24H48N2O3. The zero-order chi connectivity index (χ0) is 22.3. The number of hydrogen-bond donors (Lipinski definition) is 1. The highest BCUT2D eigenvalue weighted by molar-refractivity contribution is 5.82. The van der Waals surface area contributed by atoms with E-state index in [0.717, 1.165) is 58.0 Å². The van der Waals surface area contributed by atoms with E-state index in [-0.39, 0.29) is 34.6 Å². The zero-order valence-corrected chi connectivity index (χ0v) is 20.7. The van der Waals surface area contributed by atoms with Gasteiger partial charge in [0.2, 0.25) is 5.91 Å². The second-order valence-corrected chi connectivity index (χ2v) is 10.4. The number of carbonyl (C=O) groups excluding carboxylic acids is 1. The molecule has 29 heavy (non-hydrogen) atoms. The van der Waals surface area contributed by atoms with Crippen molar-refractivity contribution in [2.24, 2.45) is 5.41 Å². The van der Waals surface area contributed by atoms with Gasteiger partial charge in [-0.2, -0.15) is 0 Å². The van der Waals surface area contributed by atoms with Gasteiger partial charge in [0, 0.05) is 19.8 Å². The molecule has 0 spiro atoms. The first-order valence-corrected chi connectivity index (χ1v) is 11.6. The summed E-state index contributed by atoms with van der Waals surface area (Å²) in [5.41, 5.74) is -0.259. The molecule has 1 aliphatic rings. The summed E-state index contributed by atoms with van der Waals surface area (Å²) >= 11 is 0. The Morgan fingerprint density at radius 2 is 1.83 bits per heavy atom. The van der Waals surface area contributed by atoms with Crippen molar-refractivity contribution in [2.45, 2.75) is 117 Å². The second kappa shape index (κ2) is 11.1. The van der Waals surface area contributed by atoms with Gasteiger partial charge in [-0.3, -0.25) is 9.69 Å². The van der Waals surface area contributed by atoms with E-state index in [1.807, 2.05) is 0 Å². The third-order valence-electron chi connectivity index (χ3n) is 7.28. The lowest BCUT2D eigenvalue weighted by Gasteiger charge is -2.39. The molecule has 172 valence electrons. The van der Waals surface area contributed by atoms with Gasteiger partial charge in [-0.15, -0.1) is 0 Å². The number of methoxy groups -OCH3 is 2. The van der Waals surface area contributed by atoms with E-state index < -0.39 is 0 Å². The zero-order valence-electron chi connectivity index (χ0n) is 20.7. The van der Waals surface area contributed by atoms with Crippen molar-refractivity contribution in [1.82, 2.24) is 10.2 Å². The van der Waals surface area contributed by atoms with E-state index in [2.05, 4.69) is 58.7 Å². The minimum Gasteiger partial charge on any atom is -0.382 e. The van der Waals surface area contributed by atoms with Crippen LogP contribution in [-0.2, 0) is 14.3 Å². The topological polar surface area (TPSA) is 50.8 Å². The third kappa shape index (κ3) is 8.18. The van der Waals surface area contributed by atoms with Crippen molar-refractivity contribution in [2.75, 3.05) is 27.3 Å². The lowest BCUT2D eigenvalue weighted by Crippen LogP contribution is -2.55. The van der Waals surface area contributed by atoms with Crippen LogP contribution in [0.4, 0.5) is 0 Å². The smallest absolute Gasteiger partial charge is 0.237 e. The number of carbonyl (C=O) groups is 1. The summed E-state index contributed by atoms with van der Waals surface area (Å²) in [6.45, 7) is 17.2. The fraction of sp³-hybridized carbons (Fsp3) is 0.958. The Morgan fingerprint density at radius 3 is 2.34 bits per heavy atom. The normalized spacial score (nSPS) is 23.4. The van der Waals surface area contributed by atoms with Crippen LogP contribution in [-0.4, -0.2) is 61.4 Å². The van der Waals surface area contributed by atoms with Crippen LogP contribution in [0.1, 0.15) is 93.4 Å². The molecule has 5 heteroatoms. The fourth-order valence-corrected chi connectivity index (χ4v) is 4.65. The van der Waals surface area contributed by atoms with Crippen LogP contribution in [0.2, 0.25) is 0 Å². The number of likely N-dealkylation sites (tertiary alicyclic amines) is 1. The first-order valence-electron chi connectivity index (χ1n) is 11.6. The number of nitrogens with one attached hydrogen (secondary N) is 1. The van der Waals surface area contributed by atoms with Gasteiger partial charge in [0.05, 0.1) is 17.7 Å². The van der Waals surface area contributed by atoms with Crippen LogP contribution in [0.15, 0.2) is 0 Å². The van der Waals surface area contributed by atoms with Gasteiger partial charge in [-0.05, 0) is 84.7 Å². The van der Waals surface area contributed by atoms with E-state index in [9.17, 15) is 4.79 Å². The van der Waals surface area contributed by atoms with Gasteiger partial charge in [-0.1, -0.05) is 27.2 Å². The Labute approximate surface area is 180 Å². The molecule has 0 bridgehead atoms. The molecule has 0 radical (unpaired) electrons. The SMILES string of the molecule is CCC(C)(CCN1CCCC1C(=O)NC(C)(CC)CC(C)(C)OC)CC(C)OC. The molecule has 0 aromatic heterocycles. The number of ether oxygens (including phenoxy) is 2. The Kier molecular flexibility index (Phi) is 10.1. The monoisotopic (exact) mass is 412 g/mol. The van der Waals surface area contributed by atoms with Crippen LogP contribution >= 0.6 is 0 Å². The quantitative estimate of drug-likeness (QED) is 0.473. The number of hydrogen-bond acceptors (Lipinski definition) is 4. The Hall–Kier alpha value is -0.650. The van der Waals surface area contributed by atoms with Crippen molar-refractivity contribution in [3.63, 3.8) is 0 Å². The van der Waals surface area contributed by atoms with Crippen LogP contribution in [0.25, 0.3) is 0 Å². The summed E-state index contributed by atoms with van der Waals surface area (Å²) in [4.78, 5) is 15.6. The predicted molar refractivity (Wildman–Crippen MR) is 121 cm³/mol. The van der Waals surface area contributed by atoms with Crippen LogP contribution in [0.3, 0.4) is 0 Å². The first-order chi connectivity index (χ1) is 13.4. The molecule has 1 saturated heterocycles. The Morgan fingerprint density at radius 1 is 1.17 bits per heavy atom. The highest BCUT2D eigenvalue weighted by Crippen LogP contribution is 2.34. The average Bonchev–Trinajstić information content (AvgIpc) is 3.14. The van der Waals surface area contributed by atoms with E-state index >= 15 is 0 Å². The van der Waals surface area contributed by atoms with Gasteiger partial charge in [-0.25, -0.2) is 0 Å². The number of nitrogens with zero attached hydrogens (tertiary/aromatic N) is 1. The molecule has 0 saturated carbocycles. The maximum atomic E-state index is 13.2. The average molecular weight is 413 g/mol. The van der Waals surface area contributed by atoms with Gasteiger partial charge in [0.25, 0.3) is 0 Å². The van der Waals surface area contributed by atoms with Crippen molar-refractivity contribution >= 4 is 5.91 Å². The predicted octanol–water partition coefficient (Wildman–Crippen LogP) is 4.78. The summed E-state index contributed by atoms with van der Waals surface area (Å²) in [5.74, 6) is 0.183. The number of amides is 1. The molecular weight excluding hydrogens is 364 g/mol. The minimum absolute atomic E-state index is 0.00696. The van der Waals surface area contributed by atoms with Crippen LogP contribution < -0.4 is 5.32 Å². The molecule has 1 rings (SSSR count). The molecule has 1 heterocycles. The molecule has 4 atom stereocenters. The molecule has 0 aliphatic carbocycles.